The molecule has 162 valence electrons. The minimum Gasteiger partial charge on any atom is -0.481 e. The summed E-state index contributed by atoms with van der Waals surface area (Å²) in [6, 6.07) is 0. The summed E-state index contributed by atoms with van der Waals surface area (Å²) in [7, 11) is 0. The Morgan fingerprint density at radius 2 is 1.39 bits per heavy atom. The van der Waals surface area contributed by atoms with Crippen molar-refractivity contribution in [3.05, 3.63) is 24.3 Å². The lowest BCUT2D eigenvalue weighted by Crippen LogP contribution is -2.22. The molecule has 3 N–H and O–H groups in total. The summed E-state index contributed by atoms with van der Waals surface area (Å²) in [5.41, 5.74) is 0. The molecule has 0 aromatic carbocycles. The van der Waals surface area contributed by atoms with Crippen molar-refractivity contribution >= 4 is 11.9 Å². The molecule has 0 aliphatic rings. The van der Waals surface area contributed by atoms with Gasteiger partial charge in [-0.05, 0) is 57.9 Å². The van der Waals surface area contributed by atoms with Crippen molar-refractivity contribution in [3.63, 3.8) is 0 Å². The number of unbranched alkanes of at least 4 members (excludes halogenated alkanes) is 10. The zero-order valence-corrected chi connectivity index (χ0v) is 17.7. The SMILES string of the molecule is C[C@@H](O)C/C=C/CCCCCCCCCC/C=C/C(=O)NCCCCC(=O)O. The molecule has 0 radical (unpaired) electrons. The molecule has 0 rings (SSSR count). The topological polar surface area (TPSA) is 86.6 Å². The van der Waals surface area contributed by atoms with Gasteiger partial charge in [0.2, 0.25) is 5.91 Å². The van der Waals surface area contributed by atoms with Crippen molar-refractivity contribution in [3.8, 4) is 0 Å². The first-order chi connectivity index (χ1) is 13.5. The number of aliphatic hydroxyl groups excluding tert-OH is 1. The summed E-state index contributed by atoms with van der Waals surface area (Å²) < 4.78 is 0. The molecular formula is C23H41NO4. The molecule has 1 atom stereocenters. The molecule has 0 spiro atoms. The van der Waals surface area contributed by atoms with Crippen molar-refractivity contribution in [2.75, 3.05) is 6.54 Å². The van der Waals surface area contributed by atoms with Crippen LogP contribution in [0.25, 0.3) is 0 Å². The second kappa shape index (κ2) is 20.1. The molecule has 0 saturated heterocycles. The van der Waals surface area contributed by atoms with E-state index in [0.717, 1.165) is 25.7 Å². The van der Waals surface area contributed by atoms with Crippen LogP contribution in [0.1, 0.15) is 96.8 Å². The number of hydrogen-bond donors (Lipinski definition) is 3. The van der Waals surface area contributed by atoms with Crippen LogP contribution in [0, 0.1) is 0 Å². The Hall–Kier alpha value is -1.62. The van der Waals surface area contributed by atoms with E-state index < -0.39 is 5.97 Å². The number of carbonyl (C=O) groups excluding carboxylic acids is 1. The standard InChI is InChI=1S/C23H41NO4/c1-21(25)17-13-11-9-7-5-3-2-4-6-8-10-12-14-18-22(26)24-20-16-15-19-23(27)28/h11,13-14,18,21,25H,2-10,12,15-17,19-20H2,1H3,(H,24,26)(H,27,28)/b13-11+,18-14+/t21-/m1/s1. The molecule has 0 bridgehead atoms. The fraction of sp³-hybridized carbons (Fsp3) is 0.739. The number of carboxylic acid groups (broad SMARTS) is 1. The molecule has 0 saturated carbocycles. The van der Waals surface area contributed by atoms with E-state index in [4.69, 9.17) is 10.2 Å². The number of amides is 1. The van der Waals surface area contributed by atoms with Gasteiger partial charge < -0.3 is 15.5 Å². The molecule has 5 heteroatoms. The van der Waals surface area contributed by atoms with E-state index >= 15 is 0 Å². The maximum atomic E-state index is 11.6. The number of aliphatic hydroxyl groups is 1. The monoisotopic (exact) mass is 395 g/mol. The molecule has 0 aromatic heterocycles. The van der Waals surface area contributed by atoms with Gasteiger partial charge in [-0.3, -0.25) is 9.59 Å². The first-order valence-corrected chi connectivity index (χ1v) is 11.0. The second-order valence-corrected chi connectivity index (χ2v) is 7.51. The Morgan fingerprint density at radius 1 is 0.821 bits per heavy atom. The smallest absolute Gasteiger partial charge is 0.303 e. The minimum absolute atomic E-state index is 0.0870. The molecule has 0 heterocycles. The lowest BCUT2D eigenvalue weighted by Gasteiger charge is -2.02. The molecule has 0 unspecified atom stereocenters. The predicted molar refractivity (Wildman–Crippen MR) is 115 cm³/mol. The van der Waals surface area contributed by atoms with Crippen LogP contribution in [0.4, 0.5) is 0 Å². The highest BCUT2D eigenvalue weighted by Gasteiger charge is 1.98. The molecule has 28 heavy (non-hydrogen) atoms. The molecule has 0 aromatic rings. The Kier molecular flexibility index (Phi) is 19.0. The summed E-state index contributed by atoms with van der Waals surface area (Å²) in [4.78, 5) is 21.9. The normalized spacial score (nSPS) is 12.6. The Labute approximate surface area is 171 Å². The molecule has 5 nitrogen and oxygen atoms in total. The third kappa shape index (κ3) is 22.4. The summed E-state index contributed by atoms with van der Waals surface area (Å²) in [6.45, 7) is 2.35. The first kappa shape index (κ1) is 26.4. The zero-order valence-electron chi connectivity index (χ0n) is 17.7. The molecule has 1 amide bonds. The largest absolute Gasteiger partial charge is 0.481 e. The lowest BCUT2D eigenvalue weighted by atomic mass is 10.1. The van der Waals surface area contributed by atoms with E-state index in [9.17, 15) is 9.59 Å². The van der Waals surface area contributed by atoms with Gasteiger partial charge in [0.1, 0.15) is 0 Å². The van der Waals surface area contributed by atoms with Gasteiger partial charge in [-0.25, -0.2) is 0 Å². The first-order valence-electron chi connectivity index (χ1n) is 11.0. The highest BCUT2D eigenvalue weighted by molar-refractivity contribution is 5.87. The molecule has 0 aliphatic heterocycles. The van der Waals surface area contributed by atoms with Crippen molar-refractivity contribution in [2.24, 2.45) is 0 Å². The van der Waals surface area contributed by atoms with Crippen LogP contribution in [0.3, 0.4) is 0 Å². The fourth-order valence-electron chi connectivity index (χ4n) is 2.86. The average Bonchev–Trinajstić information content (AvgIpc) is 2.64. The van der Waals surface area contributed by atoms with E-state index in [-0.39, 0.29) is 18.4 Å². The molecule has 0 aliphatic carbocycles. The van der Waals surface area contributed by atoms with Crippen molar-refractivity contribution in [1.82, 2.24) is 5.32 Å². The number of allylic oxidation sites excluding steroid dienone is 2. The highest BCUT2D eigenvalue weighted by Crippen LogP contribution is 2.11. The van der Waals surface area contributed by atoms with Gasteiger partial charge in [0, 0.05) is 13.0 Å². The average molecular weight is 396 g/mol. The van der Waals surface area contributed by atoms with Crippen LogP contribution < -0.4 is 5.32 Å². The number of aliphatic carboxylic acids is 1. The molecule has 0 fully saturated rings. The maximum absolute atomic E-state index is 11.6. The zero-order chi connectivity index (χ0) is 20.9. The van der Waals surface area contributed by atoms with Crippen LogP contribution >= 0.6 is 0 Å². The van der Waals surface area contributed by atoms with Crippen molar-refractivity contribution in [1.29, 1.82) is 0 Å². The van der Waals surface area contributed by atoms with E-state index in [1.807, 2.05) is 13.0 Å². The van der Waals surface area contributed by atoms with Gasteiger partial charge >= 0.3 is 5.97 Å². The minimum atomic E-state index is -0.788. The summed E-state index contributed by atoms with van der Waals surface area (Å²) in [5.74, 6) is -0.875. The number of nitrogens with one attached hydrogen (secondary N) is 1. The van der Waals surface area contributed by atoms with Gasteiger partial charge in [-0.1, -0.05) is 56.8 Å². The quantitative estimate of drug-likeness (QED) is 0.160. The molecular weight excluding hydrogens is 354 g/mol. The van der Waals surface area contributed by atoms with Gasteiger partial charge in [0.05, 0.1) is 6.10 Å². The van der Waals surface area contributed by atoms with Gasteiger partial charge in [-0.2, -0.15) is 0 Å². The van der Waals surface area contributed by atoms with Crippen LogP contribution in [0.2, 0.25) is 0 Å². The third-order valence-electron chi connectivity index (χ3n) is 4.52. The number of carboxylic acids is 1. The summed E-state index contributed by atoms with van der Waals surface area (Å²) >= 11 is 0. The van der Waals surface area contributed by atoms with Crippen molar-refractivity contribution in [2.45, 2.75) is 103 Å². The van der Waals surface area contributed by atoms with E-state index in [1.54, 1.807) is 6.08 Å². The van der Waals surface area contributed by atoms with E-state index in [2.05, 4.69) is 17.5 Å². The third-order valence-corrected chi connectivity index (χ3v) is 4.52. The van der Waals surface area contributed by atoms with E-state index in [0.29, 0.717) is 19.4 Å². The lowest BCUT2D eigenvalue weighted by molar-refractivity contribution is -0.137. The summed E-state index contributed by atoms with van der Waals surface area (Å²) in [5, 5.41) is 20.4. The van der Waals surface area contributed by atoms with Crippen LogP contribution in [-0.2, 0) is 9.59 Å². The van der Waals surface area contributed by atoms with E-state index in [1.165, 1.54) is 44.9 Å². The highest BCUT2D eigenvalue weighted by atomic mass is 16.4. The fourth-order valence-corrected chi connectivity index (χ4v) is 2.86. The van der Waals surface area contributed by atoms with Crippen LogP contribution in [-0.4, -0.2) is 34.7 Å². The van der Waals surface area contributed by atoms with Crippen molar-refractivity contribution < 1.29 is 19.8 Å². The Bertz CT molecular complexity index is 444. The van der Waals surface area contributed by atoms with Gasteiger partial charge in [-0.15, -0.1) is 0 Å². The number of carbonyl (C=O) groups is 2. The Morgan fingerprint density at radius 3 is 1.96 bits per heavy atom. The Balaban J connectivity index is 3.29. The van der Waals surface area contributed by atoms with Crippen LogP contribution in [0.15, 0.2) is 24.3 Å². The number of hydrogen-bond acceptors (Lipinski definition) is 3. The van der Waals surface area contributed by atoms with Crippen LogP contribution in [0.5, 0.6) is 0 Å². The number of rotatable bonds is 19. The predicted octanol–water partition coefficient (Wildman–Crippen LogP) is 5.14. The van der Waals surface area contributed by atoms with Gasteiger partial charge in [0.15, 0.2) is 0 Å². The second-order valence-electron chi connectivity index (χ2n) is 7.51. The van der Waals surface area contributed by atoms with Gasteiger partial charge in [0.25, 0.3) is 0 Å². The summed E-state index contributed by atoms with van der Waals surface area (Å²) in [6.07, 6.45) is 21.8. The maximum Gasteiger partial charge on any atom is 0.303 e.